The molecule has 6 nitrogen and oxygen atoms in total. The summed E-state index contributed by atoms with van der Waals surface area (Å²) in [5.74, 6) is -1.44. The highest BCUT2D eigenvalue weighted by atomic mass is 19.1. The highest BCUT2D eigenvalue weighted by Crippen LogP contribution is 2.44. The van der Waals surface area contributed by atoms with Crippen molar-refractivity contribution in [3.8, 4) is 0 Å². The average molecular weight is 452 g/mol. The van der Waals surface area contributed by atoms with Crippen molar-refractivity contribution in [1.82, 2.24) is 14.4 Å². The third-order valence-corrected chi connectivity index (χ3v) is 7.75. The van der Waals surface area contributed by atoms with E-state index in [1.54, 1.807) is 18.2 Å². The van der Waals surface area contributed by atoms with Gasteiger partial charge in [0.05, 0.1) is 11.5 Å². The van der Waals surface area contributed by atoms with Gasteiger partial charge in [0.25, 0.3) is 0 Å². The number of carbonyl (C=O) groups excluding carboxylic acids is 3. The van der Waals surface area contributed by atoms with E-state index in [-0.39, 0.29) is 42.3 Å². The smallest absolute Gasteiger partial charge is 0.241 e. The fourth-order valence-corrected chi connectivity index (χ4v) is 6.14. The van der Waals surface area contributed by atoms with Crippen LogP contribution in [0.2, 0.25) is 0 Å². The van der Waals surface area contributed by atoms with Gasteiger partial charge in [0.2, 0.25) is 17.7 Å². The Bertz CT molecular complexity index is 1090. The van der Waals surface area contributed by atoms with Crippen molar-refractivity contribution in [2.24, 2.45) is 0 Å². The van der Waals surface area contributed by atoms with Crippen molar-refractivity contribution in [2.45, 2.75) is 75.9 Å². The number of nitrogens with zero attached hydrogens (tertiary/aromatic N) is 3. The van der Waals surface area contributed by atoms with Crippen molar-refractivity contribution in [3.63, 3.8) is 0 Å². The maximum Gasteiger partial charge on any atom is 0.241 e. The van der Waals surface area contributed by atoms with E-state index in [2.05, 4.69) is 4.57 Å². The molecule has 0 radical (unpaired) electrons. The van der Waals surface area contributed by atoms with Crippen LogP contribution in [-0.2, 0) is 26.3 Å². The maximum absolute atomic E-state index is 15.1. The lowest BCUT2D eigenvalue weighted by Gasteiger charge is -2.39. The standard InChI is InChI=1S/C26H30FN3O3/c1-2-21-22-12-7-13-28(22)14-15-29(21)23(31)16-26(19-10-5-6-11-20(19)27)17-24(32)30(25(26)33)18-8-3-4-9-18/h5-7,10-13,18,21H,2-4,8-9,14-17H2,1H3. The number of imide groups is 1. The van der Waals surface area contributed by atoms with E-state index >= 15 is 4.39 Å². The van der Waals surface area contributed by atoms with Gasteiger partial charge in [-0.3, -0.25) is 19.3 Å². The van der Waals surface area contributed by atoms with E-state index in [9.17, 15) is 14.4 Å². The van der Waals surface area contributed by atoms with Crippen LogP contribution in [0.25, 0.3) is 0 Å². The predicted molar refractivity (Wildman–Crippen MR) is 121 cm³/mol. The Hall–Kier alpha value is -2.96. The molecule has 33 heavy (non-hydrogen) atoms. The maximum atomic E-state index is 15.1. The topological polar surface area (TPSA) is 62.6 Å². The highest BCUT2D eigenvalue weighted by molar-refractivity contribution is 6.11. The third-order valence-electron chi connectivity index (χ3n) is 7.75. The van der Waals surface area contributed by atoms with Crippen LogP contribution in [-0.4, -0.2) is 44.7 Å². The first kappa shape index (κ1) is 21.9. The normalized spacial score (nSPS) is 25.7. The van der Waals surface area contributed by atoms with Crippen LogP contribution in [0.3, 0.4) is 0 Å². The molecule has 3 amide bonds. The molecule has 1 saturated heterocycles. The summed E-state index contributed by atoms with van der Waals surface area (Å²) in [6, 6.07) is 9.86. The van der Waals surface area contributed by atoms with E-state index in [4.69, 9.17) is 0 Å². The first-order valence-corrected chi connectivity index (χ1v) is 12.0. The molecular weight excluding hydrogens is 421 g/mol. The van der Waals surface area contributed by atoms with Crippen LogP contribution in [0.4, 0.5) is 4.39 Å². The van der Waals surface area contributed by atoms with Crippen LogP contribution in [0.5, 0.6) is 0 Å². The largest absolute Gasteiger partial charge is 0.348 e. The molecule has 1 saturated carbocycles. The molecule has 7 heteroatoms. The molecule has 2 atom stereocenters. The summed E-state index contributed by atoms with van der Waals surface area (Å²) in [6.45, 7) is 3.24. The van der Waals surface area contributed by atoms with Gasteiger partial charge in [0.1, 0.15) is 5.82 Å². The second-order valence-electron chi connectivity index (χ2n) is 9.56. The van der Waals surface area contributed by atoms with Crippen molar-refractivity contribution in [1.29, 1.82) is 0 Å². The number of fused-ring (bicyclic) bond motifs is 1. The van der Waals surface area contributed by atoms with Crippen molar-refractivity contribution < 1.29 is 18.8 Å². The summed E-state index contributed by atoms with van der Waals surface area (Å²) < 4.78 is 17.2. The number of aromatic nitrogens is 1. The zero-order chi connectivity index (χ0) is 23.2. The minimum atomic E-state index is -1.49. The Balaban J connectivity index is 1.51. The molecule has 1 aromatic carbocycles. The van der Waals surface area contributed by atoms with E-state index in [0.717, 1.165) is 37.8 Å². The van der Waals surface area contributed by atoms with Gasteiger partial charge in [-0.2, -0.15) is 0 Å². The lowest BCUT2D eigenvalue weighted by molar-refractivity contribution is -0.145. The number of halogens is 1. The van der Waals surface area contributed by atoms with Gasteiger partial charge in [-0.05, 0) is 37.5 Å². The van der Waals surface area contributed by atoms with Gasteiger partial charge in [-0.15, -0.1) is 0 Å². The molecule has 0 N–H and O–H groups in total. The van der Waals surface area contributed by atoms with Crippen molar-refractivity contribution in [3.05, 3.63) is 59.7 Å². The summed E-state index contributed by atoms with van der Waals surface area (Å²) >= 11 is 0. The predicted octanol–water partition coefficient (Wildman–Crippen LogP) is 3.95. The fraction of sp³-hybridized carbons (Fsp3) is 0.500. The molecule has 0 bridgehead atoms. The zero-order valence-electron chi connectivity index (χ0n) is 19.0. The molecule has 2 aromatic rings. The number of hydrogen-bond acceptors (Lipinski definition) is 3. The van der Waals surface area contributed by atoms with E-state index in [1.807, 2.05) is 30.2 Å². The number of amides is 3. The Labute approximate surface area is 193 Å². The molecular formula is C26H30FN3O3. The number of rotatable bonds is 5. The SMILES string of the molecule is CCC1c2cccn2CCN1C(=O)CC1(c2ccccc2F)CC(=O)N(C2CCCC2)C1=O. The van der Waals surface area contributed by atoms with Crippen LogP contribution >= 0.6 is 0 Å². The molecule has 0 spiro atoms. The van der Waals surface area contributed by atoms with Gasteiger partial charge < -0.3 is 9.47 Å². The third kappa shape index (κ3) is 3.49. The van der Waals surface area contributed by atoms with Gasteiger partial charge >= 0.3 is 0 Å². The second-order valence-corrected chi connectivity index (χ2v) is 9.56. The van der Waals surface area contributed by atoms with Gasteiger partial charge in [-0.25, -0.2) is 4.39 Å². The molecule has 3 heterocycles. The van der Waals surface area contributed by atoms with E-state index in [0.29, 0.717) is 13.1 Å². The van der Waals surface area contributed by atoms with Crippen molar-refractivity contribution in [2.75, 3.05) is 6.54 Å². The Kier molecular flexibility index (Phi) is 5.59. The van der Waals surface area contributed by atoms with Gasteiger partial charge in [-0.1, -0.05) is 38.0 Å². The molecule has 2 aliphatic heterocycles. The first-order chi connectivity index (χ1) is 16.0. The lowest BCUT2D eigenvalue weighted by atomic mass is 9.75. The summed E-state index contributed by atoms with van der Waals surface area (Å²) in [5, 5.41) is 0. The van der Waals surface area contributed by atoms with Crippen molar-refractivity contribution >= 4 is 17.7 Å². The fourth-order valence-electron chi connectivity index (χ4n) is 6.14. The lowest BCUT2D eigenvalue weighted by Crippen LogP contribution is -2.48. The Morgan fingerprint density at radius 2 is 1.85 bits per heavy atom. The monoisotopic (exact) mass is 451 g/mol. The van der Waals surface area contributed by atoms with Crippen LogP contribution in [0, 0.1) is 5.82 Å². The summed E-state index contributed by atoms with van der Waals surface area (Å²) in [5.41, 5.74) is -0.260. The molecule has 2 unspecified atom stereocenters. The van der Waals surface area contributed by atoms with Crippen LogP contribution in [0.1, 0.15) is 69.2 Å². The summed E-state index contributed by atoms with van der Waals surface area (Å²) in [7, 11) is 0. The van der Waals surface area contributed by atoms with E-state index < -0.39 is 17.1 Å². The van der Waals surface area contributed by atoms with E-state index in [1.165, 1.54) is 11.0 Å². The van der Waals surface area contributed by atoms with Gasteiger partial charge in [0.15, 0.2) is 0 Å². The quantitative estimate of drug-likeness (QED) is 0.647. The molecule has 1 aromatic heterocycles. The number of hydrogen-bond donors (Lipinski definition) is 0. The summed E-state index contributed by atoms with van der Waals surface area (Å²) in [6.07, 6.45) is 5.90. The average Bonchev–Trinajstić information content (AvgIpc) is 3.54. The minimum absolute atomic E-state index is 0.0999. The second kappa shape index (κ2) is 8.43. The van der Waals surface area contributed by atoms with Crippen LogP contribution in [0.15, 0.2) is 42.6 Å². The minimum Gasteiger partial charge on any atom is -0.348 e. The zero-order valence-corrected chi connectivity index (χ0v) is 19.0. The molecule has 1 aliphatic carbocycles. The summed E-state index contributed by atoms with van der Waals surface area (Å²) in [4.78, 5) is 43.9. The van der Waals surface area contributed by atoms with Crippen LogP contribution < -0.4 is 0 Å². The number of carbonyl (C=O) groups is 3. The molecule has 2 fully saturated rings. The highest BCUT2D eigenvalue weighted by Gasteiger charge is 2.57. The Morgan fingerprint density at radius 1 is 1.09 bits per heavy atom. The van der Waals surface area contributed by atoms with Gasteiger partial charge in [0, 0.05) is 49.4 Å². The first-order valence-electron chi connectivity index (χ1n) is 12.0. The Morgan fingerprint density at radius 3 is 2.58 bits per heavy atom. The molecule has 174 valence electrons. The molecule has 5 rings (SSSR count). The number of benzene rings is 1. The molecule has 3 aliphatic rings. The number of likely N-dealkylation sites (tertiary alicyclic amines) is 1.